The summed E-state index contributed by atoms with van der Waals surface area (Å²) < 4.78 is 43.6. The second kappa shape index (κ2) is 7.09. The molecule has 5 heteroatoms. The third-order valence-electron chi connectivity index (χ3n) is 3.02. The SMILES string of the molecule is CCNC(COC(C)C)c1ccc(C(F)(F)F)cc1C. The summed E-state index contributed by atoms with van der Waals surface area (Å²) in [6, 6.07) is 3.76. The molecule has 1 atom stereocenters. The van der Waals surface area contributed by atoms with Gasteiger partial charge in [-0.05, 0) is 50.6 Å². The van der Waals surface area contributed by atoms with Crippen molar-refractivity contribution in [3.8, 4) is 0 Å². The predicted octanol–water partition coefficient (Wildman–Crippen LogP) is 4.09. The highest BCUT2D eigenvalue weighted by molar-refractivity contribution is 5.34. The Bertz CT molecular complexity index is 430. The number of benzene rings is 1. The minimum atomic E-state index is -4.30. The fourth-order valence-corrected chi connectivity index (χ4v) is 2.04. The molecule has 1 N–H and O–H groups in total. The van der Waals surface area contributed by atoms with Gasteiger partial charge in [-0.15, -0.1) is 0 Å². The van der Waals surface area contributed by atoms with Gasteiger partial charge in [0.25, 0.3) is 0 Å². The predicted molar refractivity (Wildman–Crippen MR) is 73.7 cm³/mol. The number of aryl methyl sites for hydroxylation is 1. The average molecular weight is 289 g/mol. The maximum absolute atomic E-state index is 12.7. The van der Waals surface area contributed by atoms with Crippen LogP contribution in [0.15, 0.2) is 18.2 Å². The molecule has 1 aromatic rings. The monoisotopic (exact) mass is 289 g/mol. The molecule has 114 valence electrons. The Hall–Kier alpha value is -1.07. The first-order valence-electron chi connectivity index (χ1n) is 6.78. The number of alkyl halides is 3. The number of hydrogen-bond donors (Lipinski definition) is 1. The van der Waals surface area contributed by atoms with Gasteiger partial charge in [0.15, 0.2) is 0 Å². The number of likely N-dealkylation sites (N-methyl/N-ethyl adjacent to an activating group) is 1. The lowest BCUT2D eigenvalue weighted by Crippen LogP contribution is -2.27. The number of halogens is 3. The van der Waals surface area contributed by atoms with Crippen molar-refractivity contribution in [3.05, 3.63) is 34.9 Å². The summed E-state index contributed by atoms with van der Waals surface area (Å²) in [6.45, 7) is 8.70. The van der Waals surface area contributed by atoms with Crippen LogP contribution in [0.25, 0.3) is 0 Å². The van der Waals surface area contributed by atoms with Gasteiger partial charge in [-0.3, -0.25) is 0 Å². The first-order chi connectivity index (χ1) is 9.25. The van der Waals surface area contributed by atoms with Gasteiger partial charge in [0.1, 0.15) is 0 Å². The lowest BCUT2D eigenvalue weighted by atomic mass is 9.99. The Morgan fingerprint density at radius 1 is 1.25 bits per heavy atom. The van der Waals surface area contributed by atoms with Crippen LogP contribution in [0.1, 0.15) is 43.5 Å². The van der Waals surface area contributed by atoms with Gasteiger partial charge in [0.05, 0.1) is 24.3 Å². The first kappa shape index (κ1) is 17.0. The van der Waals surface area contributed by atoms with E-state index in [1.165, 1.54) is 12.1 Å². The summed E-state index contributed by atoms with van der Waals surface area (Å²) in [4.78, 5) is 0. The van der Waals surface area contributed by atoms with E-state index in [1.54, 1.807) is 6.92 Å². The van der Waals surface area contributed by atoms with Gasteiger partial charge in [0.2, 0.25) is 0 Å². The zero-order chi connectivity index (χ0) is 15.3. The van der Waals surface area contributed by atoms with Gasteiger partial charge in [-0.25, -0.2) is 0 Å². The highest BCUT2D eigenvalue weighted by Crippen LogP contribution is 2.31. The molecule has 20 heavy (non-hydrogen) atoms. The van der Waals surface area contributed by atoms with E-state index in [9.17, 15) is 13.2 Å². The molecule has 0 bridgehead atoms. The molecule has 0 aliphatic heterocycles. The third-order valence-corrected chi connectivity index (χ3v) is 3.02. The fraction of sp³-hybridized carbons (Fsp3) is 0.600. The Balaban J connectivity index is 2.96. The van der Waals surface area contributed by atoms with E-state index in [4.69, 9.17) is 4.74 Å². The molecule has 0 fully saturated rings. The maximum Gasteiger partial charge on any atom is 0.416 e. The van der Waals surface area contributed by atoms with E-state index < -0.39 is 11.7 Å². The number of nitrogens with one attached hydrogen (secondary N) is 1. The van der Waals surface area contributed by atoms with Crippen LogP contribution in [-0.4, -0.2) is 19.3 Å². The van der Waals surface area contributed by atoms with Crippen LogP contribution in [0.2, 0.25) is 0 Å². The van der Waals surface area contributed by atoms with E-state index in [2.05, 4.69) is 5.32 Å². The van der Waals surface area contributed by atoms with Gasteiger partial charge in [-0.2, -0.15) is 13.2 Å². The van der Waals surface area contributed by atoms with E-state index in [1.807, 2.05) is 20.8 Å². The first-order valence-corrected chi connectivity index (χ1v) is 6.78. The maximum atomic E-state index is 12.7. The molecule has 0 amide bonds. The smallest absolute Gasteiger partial charge is 0.377 e. The quantitative estimate of drug-likeness (QED) is 0.851. The standard InChI is InChI=1S/C15H22F3NO/c1-5-19-14(9-20-10(2)3)13-7-6-12(8-11(13)4)15(16,17)18/h6-8,10,14,19H,5,9H2,1-4H3. The third kappa shape index (κ3) is 4.80. The lowest BCUT2D eigenvalue weighted by molar-refractivity contribution is -0.137. The molecular formula is C15H22F3NO. The van der Waals surface area contributed by atoms with E-state index in [0.29, 0.717) is 12.2 Å². The Morgan fingerprint density at radius 3 is 2.35 bits per heavy atom. The molecule has 0 spiro atoms. The van der Waals surface area contributed by atoms with Crippen LogP contribution >= 0.6 is 0 Å². The van der Waals surface area contributed by atoms with Crippen LogP contribution < -0.4 is 5.32 Å². The van der Waals surface area contributed by atoms with E-state index in [-0.39, 0.29) is 12.1 Å². The normalized spacial score (nSPS) is 13.8. The fourth-order valence-electron chi connectivity index (χ4n) is 2.04. The molecule has 1 rings (SSSR count). The van der Waals surface area contributed by atoms with Crippen molar-refractivity contribution >= 4 is 0 Å². The molecule has 0 heterocycles. The number of ether oxygens (including phenoxy) is 1. The molecule has 0 aliphatic rings. The second-order valence-electron chi connectivity index (χ2n) is 5.06. The second-order valence-corrected chi connectivity index (χ2v) is 5.06. The number of hydrogen-bond acceptors (Lipinski definition) is 2. The Morgan fingerprint density at radius 2 is 1.90 bits per heavy atom. The minimum absolute atomic E-state index is 0.0888. The van der Waals surface area contributed by atoms with Crippen LogP contribution in [0.5, 0.6) is 0 Å². The van der Waals surface area contributed by atoms with Crippen molar-refractivity contribution in [2.24, 2.45) is 0 Å². The Labute approximate surface area is 118 Å². The van der Waals surface area contributed by atoms with Crippen molar-refractivity contribution < 1.29 is 17.9 Å². The Kier molecular flexibility index (Phi) is 6.02. The summed E-state index contributed by atoms with van der Waals surface area (Å²) in [5.74, 6) is 0. The van der Waals surface area contributed by atoms with Gasteiger partial charge >= 0.3 is 6.18 Å². The summed E-state index contributed by atoms with van der Waals surface area (Å²) in [6.07, 6.45) is -4.21. The summed E-state index contributed by atoms with van der Waals surface area (Å²) in [5, 5.41) is 3.25. The molecule has 1 unspecified atom stereocenters. The molecule has 1 aromatic carbocycles. The summed E-state index contributed by atoms with van der Waals surface area (Å²) >= 11 is 0. The zero-order valence-electron chi connectivity index (χ0n) is 12.3. The lowest BCUT2D eigenvalue weighted by Gasteiger charge is -2.22. The topological polar surface area (TPSA) is 21.3 Å². The van der Waals surface area contributed by atoms with Crippen LogP contribution in [0.4, 0.5) is 13.2 Å². The minimum Gasteiger partial charge on any atom is -0.377 e. The van der Waals surface area contributed by atoms with Gasteiger partial charge < -0.3 is 10.1 Å². The van der Waals surface area contributed by atoms with Gasteiger partial charge in [-0.1, -0.05) is 13.0 Å². The zero-order valence-corrected chi connectivity index (χ0v) is 12.3. The molecule has 0 saturated heterocycles. The average Bonchev–Trinajstić information content (AvgIpc) is 2.33. The van der Waals surface area contributed by atoms with E-state index >= 15 is 0 Å². The molecule has 0 radical (unpaired) electrons. The summed E-state index contributed by atoms with van der Waals surface area (Å²) in [5.41, 5.74) is 0.859. The van der Waals surface area contributed by atoms with Gasteiger partial charge in [0, 0.05) is 0 Å². The van der Waals surface area contributed by atoms with Crippen molar-refractivity contribution in [3.63, 3.8) is 0 Å². The molecule has 0 saturated carbocycles. The molecular weight excluding hydrogens is 267 g/mol. The largest absolute Gasteiger partial charge is 0.416 e. The van der Waals surface area contributed by atoms with Crippen molar-refractivity contribution in [1.29, 1.82) is 0 Å². The van der Waals surface area contributed by atoms with E-state index in [0.717, 1.165) is 18.2 Å². The van der Waals surface area contributed by atoms with Crippen LogP contribution in [-0.2, 0) is 10.9 Å². The van der Waals surface area contributed by atoms with Crippen molar-refractivity contribution in [1.82, 2.24) is 5.32 Å². The number of rotatable bonds is 6. The van der Waals surface area contributed by atoms with Crippen LogP contribution in [0, 0.1) is 6.92 Å². The molecule has 0 aromatic heterocycles. The van der Waals surface area contributed by atoms with Crippen LogP contribution in [0.3, 0.4) is 0 Å². The highest BCUT2D eigenvalue weighted by atomic mass is 19.4. The molecule has 0 aliphatic carbocycles. The van der Waals surface area contributed by atoms with Crippen molar-refractivity contribution in [2.75, 3.05) is 13.2 Å². The highest BCUT2D eigenvalue weighted by Gasteiger charge is 2.31. The van der Waals surface area contributed by atoms with Crippen molar-refractivity contribution in [2.45, 2.75) is 46.0 Å². The molecule has 2 nitrogen and oxygen atoms in total. The summed E-state index contributed by atoms with van der Waals surface area (Å²) in [7, 11) is 0.